The number of thioether (sulfide) groups is 1. The standard InChI is InChI=1S/C20H25NOS/c1-5-15-7-6-8-17(13-15)21-19(22)14-23-18-11-9-16(10-12-18)20(2,3)4/h6-13H,5,14H2,1-4H3,(H,21,22). The van der Waals surface area contributed by atoms with E-state index >= 15 is 0 Å². The fourth-order valence-corrected chi connectivity index (χ4v) is 2.96. The first kappa shape index (κ1) is 17.6. The Kier molecular flexibility index (Phi) is 5.89. The second-order valence-corrected chi connectivity index (χ2v) is 7.71. The lowest BCUT2D eigenvalue weighted by molar-refractivity contribution is -0.113. The summed E-state index contributed by atoms with van der Waals surface area (Å²) in [4.78, 5) is 13.2. The highest BCUT2D eigenvalue weighted by Crippen LogP contribution is 2.25. The van der Waals surface area contributed by atoms with E-state index in [9.17, 15) is 4.79 Å². The van der Waals surface area contributed by atoms with Gasteiger partial charge in [-0.1, -0.05) is 52.0 Å². The average Bonchev–Trinajstić information content (AvgIpc) is 2.52. The number of carbonyl (C=O) groups is 1. The molecule has 0 heterocycles. The molecule has 0 saturated carbocycles. The van der Waals surface area contributed by atoms with Crippen LogP contribution >= 0.6 is 11.8 Å². The molecule has 0 saturated heterocycles. The van der Waals surface area contributed by atoms with Gasteiger partial charge in [-0.25, -0.2) is 0 Å². The highest BCUT2D eigenvalue weighted by Gasteiger charge is 2.13. The number of carbonyl (C=O) groups excluding carboxylic acids is 1. The van der Waals surface area contributed by atoms with Crippen molar-refractivity contribution in [3.8, 4) is 0 Å². The molecule has 23 heavy (non-hydrogen) atoms. The number of nitrogens with one attached hydrogen (secondary N) is 1. The van der Waals surface area contributed by atoms with E-state index in [1.54, 1.807) is 11.8 Å². The Hall–Kier alpha value is -1.74. The molecule has 0 bridgehead atoms. The van der Waals surface area contributed by atoms with Crippen LogP contribution in [0, 0.1) is 0 Å². The van der Waals surface area contributed by atoms with Crippen molar-refractivity contribution in [3.05, 3.63) is 59.7 Å². The number of rotatable bonds is 5. The van der Waals surface area contributed by atoms with Crippen LogP contribution in [0.1, 0.15) is 38.8 Å². The van der Waals surface area contributed by atoms with Gasteiger partial charge in [0.1, 0.15) is 0 Å². The zero-order valence-electron chi connectivity index (χ0n) is 14.3. The number of aryl methyl sites for hydroxylation is 1. The molecule has 2 aromatic rings. The molecular weight excluding hydrogens is 302 g/mol. The lowest BCUT2D eigenvalue weighted by Gasteiger charge is -2.19. The van der Waals surface area contributed by atoms with Crippen molar-refractivity contribution in [1.29, 1.82) is 0 Å². The minimum absolute atomic E-state index is 0.0307. The van der Waals surface area contributed by atoms with E-state index in [1.165, 1.54) is 11.1 Å². The second-order valence-electron chi connectivity index (χ2n) is 6.67. The molecule has 0 fully saturated rings. The molecule has 2 aromatic carbocycles. The Morgan fingerprint density at radius 1 is 1.09 bits per heavy atom. The van der Waals surface area contributed by atoms with Crippen LogP contribution in [0.4, 0.5) is 5.69 Å². The Labute approximate surface area is 143 Å². The molecule has 1 N–H and O–H groups in total. The second kappa shape index (κ2) is 7.69. The number of benzene rings is 2. The van der Waals surface area contributed by atoms with Gasteiger partial charge in [0.05, 0.1) is 5.75 Å². The van der Waals surface area contributed by atoms with Gasteiger partial charge in [-0.3, -0.25) is 4.79 Å². The number of hydrogen-bond donors (Lipinski definition) is 1. The molecule has 0 aliphatic heterocycles. The third kappa shape index (κ3) is 5.43. The third-order valence-electron chi connectivity index (χ3n) is 3.71. The van der Waals surface area contributed by atoms with E-state index in [0.29, 0.717) is 5.75 Å². The molecule has 122 valence electrons. The minimum atomic E-state index is 0.0307. The molecule has 0 unspecified atom stereocenters. The maximum atomic E-state index is 12.1. The van der Waals surface area contributed by atoms with E-state index in [-0.39, 0.29) is 11.3 Å². The van der Waals surface area contributed by atoms with Gasteiger partial charge < -0.3 is 5.32 Å². The summed E-state index contributed by atoms with van der Waals surface area (Å²) in [6.45, 7) is 8.71. The molecule has 0 aliphatic carbocycles. The monoisotopic (exact) mass is 327 g/mol. The van der Waals surface area contributed by atoms with E-state index in [1.807, 2.05) is 18.2 Å². The zero-order valence-corrected chi connectivity index (χ0v) is 15.2. The van der Waals surface area contributed by atoms with E-state index in [2.05, 4.69) is 63.3 Å². The predicted molar refractivity (Wildman–Crippen MR) is 100 cm³/mol. The summed E-state index contributed by atoms with van der Waals surface area (Å²) in [6, 6.07) is 16.5. The summed E-state index contributed by atoms with van der Waals surface area (Å²) in [5.74, 6) is 0.453. The molecule has 3 heteroatoms. The van der Waals surface area contributed by atoms with Crippen LogP contribution in [0.15, 0.2) is 53.4 Å². The lowest BCUT2D eigenvalue weighted by atomic mass is 9.87. The molecule has 2 rings (SSSR count). The Morgan fingerprint density at radius 2 is 1.78 bits per heavy atom. The van der Waals surface area contributed by atoms with E-state index in [0.717, 1.165) is 17.0 Å². The van der Waals surface area contributed by atoms with Gasteiger partial charge in [-0.15, -0.1) is 11.8 Å². The highest BCUT2D eigenvalue weighted by atomic mass is 32.2. The van der Waals surface area contributed by atoms with Crippen molar-refractivity contribution < 1.29 is 4.79 Å². The van der Waals surface area contributed by atoms with Crippen molar-refractivity contribution >= 4 is 23.4 Å². The smallest absolute Gasteiger partial charge is 0.234 e. The minimum Gasteiger partial charge on any atom is -0.325 e. The van der Waals surface area contributed by atoms with Gasteiger partial charge in [0.15, 0.2) is 0 Å². The summed E-state index contributed by atoms with van der Waals surface area (Å²) in [7, 11) is 0. The fourth-order valence-electron chi connectivity index (χ4n) is 2.27. The van der Waals surface area contributed by atoms with E-state index in [4.69, 9.17) is 0 Å². The van der Waals surface area contributed by atoms with Gasteiger partial charge in [-0.2, -0.15) is 0 Å². The molecular formula is C20H25NOS. The maximum Gasteiger partial charge on any atom is 0.234 e. The van der Waals surface area contributed by atoms with Crippen molar-refractivity contribution in [2.24, 2.45) is 0 Å². The summed E-state index contributed by atoms with van der Waals surface area (Å²) in [5.41, 5.74) is 3.57. The molecule has 2 nitrogen and oxygen atoms in total. The van der Waals surface area contributed by atoms with Crippen LogP contribution in [0.25, 0.3) is 0 Å². The fraction of sp³-hybridized carbons (Fsp3) is 0.350. The largest absolute Gasteiger partial charge is 0.325 e. The van der Waals surface area contributed by atoms with Crippen molar-refractivity contribution in [2.75, 3.05) is 11.1 Å². The first-order chi connectivity index (χ1) is 10.9. The molecule has 0 atom stereocenters. The average molecular weight is 327 g/mol. The van der Waals surface area contributed by atoms with E-state index < -0.39 is 0 Å². The number of anilines is 1. The molecule has 1 amide bonds. The summed E-state index contributed by atoms with van der Waals surface area (Å²) in [5, 5.41) is 2.96. The summed E-state index contributed by atoms with van der Waals surface area (Å²) < 4.78 is 0. The Balaban J connectivity index is 1.89. The van der Waals surface area contributed by atoms with Crippen molar-refractivity contribution in [1.82, 2.24) is 0 Å². The molecule has 0 radical (unpaired) electrons. The predicted octanol–water partition coefficient (Wildman–Crippen LogP) is 5.28. The van der Waals surface area contributed by atoms with Gasteiger partial charge in [-0.05, 0) is 47.2 Å². The molecule has 0 aromatic heterocycles. The van der Waals surface area contributed by atoms with Gasteiger partial charge in [0.25, 0.3) is 0 Å². The van der Waals surface area contributed by atoms with Gasteiger partial charge in [0.2, 0.25) is 5.91 Å². The quantitative estimate of drug-likeness (QED) is 0.757. The van der Waals surface area contributed by atoms with Crippen molar-refractivity contribution in [3.63, 3.8) is 0 Å². The normalized spacial score (nSPS) is 11.3. The Bertz CT molecular complexity index is 656. The van der Waals surface area contributed by atoms with Crippen LogP contribution < -0.4 is 5.32 Å². The topological polar surface area (TPSA) is 29.1 Å². The Morgan fingerprint density at radius 3 is 2.39 bits per heavy atom. The summed E-state index contributed by atoms with van der Waals surface area (Å²) in [6.07, 6.45) is 0.971. The molecule has 0 aliphatic rings. The molecule has 0 spiro atoms. The van der Waals surface area contributed by atoms with Gasteiger partial charge >= 0.3 is 0 Å². The van der Waals surface area contributed by atoms with Gasteiger partial charge in [0, 0.05) is 10.6 Å². The number of amides is 1. The first-order valence-electron chi connectivity index (χ1n) is 8.00. The SMILES string of the molecule is CCc1cccc(NC(=O)CSc2ccc(C(C)(C)C)cc2)c1. The van der Waals surface area contributed by atoms with Crippen LogP contribution in [0.2, 0.25) is 0 Å². The maximum absolute atomic E-state index is 12.1. The van der Waals surface area contributed by atoms with Crippen LogP contribution in [0.5, 0.6) is 0 Å². The van der Waals surface area contributed by atoms with Crippen LogP contribution in [0.3, 0.4) is 0 Å². The van der Waals surface area contributed by atoms with Crippen LogP contribution in [-0.4, -0.2) is 11.7 Å². The summed E-state index contributed by atoms with van der Waals surface area (Å²) >= 11 is 1.57. The highest BCUT2D eigenvalue weighted by molar-refractivity contribution is 8.00. The zero-order chi connectivity index (χ0) is 16.9. The first-order valence-corrected chi connectivity index (χ1v) is 8.99. The van der Waals surface area contributed by atoms with Crippen molar-refractivity contribution in [2.45, 2.75) is 44.4 Å². The van der Waals surface area contributed by atoms with Crippen LogP contribution in [-0.2, 0) is 16.6 Å². The third-order valence-corrected chi connectivity index (χ3v) is 4.72. The number of hydrogen-bond acceptors (Lipinski definition) is 2. The lowest BCUT2D eigenvalue weighted by Crippen LogP contribution is -2.14.